The number of ether oxygens (including phenoxy) is 1. The Labute approximate surface area is 99.2 Å². The number of carbonyl (C=O) groups excluding carboxylic acids is 3. The topological polar surface area (TPSA) is 75.8 Å². The van der Waals surface area contributed by atoms with E-state index >= 15 is 0 Å². The summed E-state index contributed by atoms with van der Waals surface area (Å²) in [6, 6.07) is 0. The first-order valence-corrected chi connectivity index (χ1v) is 5.62. The van der Waals surface area contributed by atoms with Crippen LogP contribution in [0.4, 0.5) is 0 Å². The van der Waals surface area contributed by atoms with Crippen LogP contribution in [-0.4, -0.2) is 29.2 Å². The van der Waals surface area contributed by atoms with E-state index < -0.39 is 23.4 Å². The highest BCUT2D eigenvalue weighted by Crippen LogP contribution is 2.41. The summed E-state index contributed by atoms with van der Waals surface area (Å²) in [5, 5.41) is 2.52. The molecular formula is C12H15NO4. The number of amides is 1. The van der Waals surface area contributed by atoms with E-state index in [0.29, 0.717) is 12.1 Å². The van der Waals surface area contributed by atoms with Crippen LogP contribution in [0.3, 0.4) is 0 Å². The lowest BCUT2D eigenvalue weighted by Crippen LogP contribution is -2.48. The molecule has 92 valence electrons. The second-order valence-corrected chi connectivity index (χ2v) is 4.94. The summed E-state index contributed by atoms with van der Waals surface area (Å²) < 4.78 is 5.13. The van der Waals surface area contributed by atoms with Crippen LogP contribution in [0.25, 0.3) is 0 Å². The molecule has 1 N–H and O–H groups in total. The fraction of sp³-hybridized carbons (Fsp3) is 0.583. The van der Waals surface area contributed by atoms with E-state index in [9.17, 15) is 14.4 Å². The Hall–Kier alpha value is -1.49. The maximum atomic E-state index is 11.8. The van der Waals surface area contributed by atoms with Gasteiger partial charge in [0.2, 0.25) is 11.4 Å². The standard InChI is InChI=1S/C12H15NO4/c1-6(2)4-8(14)10-12(17-10)9(15)5-7(3)13-11(12)16/h5-6,10H,4H2,1-3H3,(H,13,16)/t10-,12-/m0/s1. The predicted molar refractivity (Wildman–Crippen MR) is 59.0 cm³/mol. The van der Waals surface area contributed by atoms with Crippen molar-refractivity contribution in [2.24, 2.45) is 5.92 Å². The summed E-state index contributed by atoms with van der Waals surface area (Å²) in [5.41, 5.74) is -1.08. The van der Waals surface area contributed by atoms with Crippen LogP contribution in [-0.2, 0) is 19.1 Å². The number of carbonyl (C=O) groups is 3. The SMILES string of the molecule is CC1=CC(=O)[C@@]2(O[C@H]2C(=O)CC(C)C)C(=O)N1. The number of hydrogen-bond acceptors (Lipinski definition) is 4. The lowest BCUT2D eigenvalue weighted by Gasteiger charge is -2.16. The first-order chi connectivity index (χ1) is 7.87. The quantitative estimate of drug-likeness (QED) is 0.567. The third-order valence-corrected chi connectivity index (χ3v) is 2.88. The van der Waals surface area contributed by atoms with Gasteiger partial charge < -0.3 is 10.1 Å². The van der Waals surface area contributed by atoms with Crippen molar-refractivity contribution >= 4 is 17.5 Å². The van der Waals surface area contributed by atoms with Gasteiger partial charge in [-0.15, -0.1) is 0 Å². The normalized spacial score (nSPS) is 31.5. The van der Waals surface area contributed by atoms with Gasteiger partial charge in [-0.1, -0.05) is 13.8 Å². The molecule has 0 bridgehead atoms. The zero-order chi connectivity index (χ0) is 12.8. The summed E-state index contributed by atoms with van der Waals surface area (Å²) in [5.74, 6) is -0.954. The summed E-state index contributed by atoms with van der Waals surface area (Å²) in [6.45, 7) is 5.43. The number of rotatable bonds is 3. The molecule has 17 heavy (non-hydrogen) atoms. The van der Waals surface area contributed by atoms with E-state index in [0.717, 1.165) is 0 Å². The highest BCUT2D eigenvalue weighted by atomic mass is 16.6. The van der Waals surface area contributed by atoms with Crippen LogP contribution in [0.15, 0.2) is 11.8 Å². The second-order valence-electron chi connectivity index (χ2n) is 4.94. The largest absolute Gasteiger partial charge is 0.339 e. The zero-order valence-electron chi connectivity index (χ0n) is 10.1. The van der Waals surface area contributed by atoms with Gasteiger partial charge in [-0.3, -0.25) is 14.4 Å². The van der Waals surface area contributed by atoms with Crippen LogP contribution in [0.2, 0.25) is 0 Å². The van der Waals surface area contributed by atoms with Crippen molar-refractivity contribution in [3.8, 4) is 0 Å². The fourth-order valence-corrected chi connectivity index (χ4v) is 2.04. The molecule has 1 saturated heterocycles. The predicted octanol–water partition coefficient (Wildman–Crippen LogP) is 0.342. The van der Waals surface area contributed by atoms with Gasteiger partial charge in [-0.2, -0.15) is 0 Å². The van der Waals surface area contributed by atoms with Crippen molar-refractivity contribution in [1.29, 1.82) is 0 Å². The minimum absolute atomic E-state index is 0.183. The average molecular weight is 237 g/mol. The van der Waals surface area contributed by atoms with E-state index in [1.54, 1.807) is 6.92 Å². The maximum absolute atomic E-state index is 11.8. The molecule has 2 aliphatic rings. The molecule has 2 aliphatic heterocycles. The molecule has 5 heteroatoms. The Morgan fingerprint density at radius 3 is 2.71 bits per heavy atom. The molecule has 1 spiro atoms. The van der Waals surface area contributed by atoms with E-state index in [1.165, 1.54) is 6.08 Å². The van der Waals surface area contributed by atoms with Gasteiger partial charge in [-0.05, 0) is 12.8 Å². The molecule has 0 aromatic carbocycles. The van der Waals surface area contributed by atoms with Crippen LogP contribution in [0.1, 0.15) is 27.2 Å². The molecule has 0 unspecified atom stereocenters. The number of ketones is 2. The van der Waals surface area contributed by atoms with Crippen molar-refractivity contribution in [2.75, 3.05) is 0 Å². The number of Topliss-reactive ketones (excluding diaryl/α,β-unsaturated/α-hetero) is 1. The Kier molecular flexibility index (Phi) is 2.66. The van der Waals surface area contributed by atoms with Crippen molar-refractivity contribution in [3.63, 3.8) is 0 Å². The van der Waals surface area contributed by atoms with E-state index in [4.69, 9.17) is 4.74 Å². The van der Waals surface area contributed by atoms with Crippen LogP contribution in [0, 0.1) is 5.92 Å². The van der Waals surface area contributed by atoms with Gasteiger partial charge in [0.1, 0.15) is 0 Å². The van der Waals surface area contributed by atoms with E-state index in [2.05, 4.69) is 5.32 Å². The molecule has 0 aromatic rings. The highest BCUT2D eigenvalue weighted by Gasteiger charge is 2.71. The number of allylic oxidation sites excluding steroid dienone is 1. The fourth-order valence-electron chi connectivity index (χ4n) is 2.04. The molecule has 0 aliphatic carbocycles. The summed E-state index contributed by atoms with van der Waals surface area (Å²) in [6.07, 6.45) is 0.724. The van der Waals surface area contributed by atoms with E-state index in [1.807, 2.05) is 13.8 Å². The number of nitrogens with one attached hydrogen (secondary N) is 1. The molecule has 2 heterocycles. The van der Waals surface area contributed by atoms with Crippen molar-refractivity contribution in [2.45, 2.75) is 38.9 Å². The zero-order valence-corrected chi connectivity index (χ0v) is 10.1. The number of epoxide rings is 1. The van der Waals surface area contributed by atoms with Crippen molar-refractivity contribution < 1.29 is 19.1 Å². The molecule has 0 radical (unpaired) electrons. The summed E-state index contributed by atoms with van der Waals surface area (Å²) >= 11 is 0. The highest BCUT2D eigenvalue weighted by molar-refractivity contribution is 6.23. The number of hydrogen-bond donors (Lipinski definition) is 1. The van der Waals surface area contributed by atoms with Gasteiger partial charge in [0.25, 0.3) is 5.91 Å². The smallest absolute Gasteiger partial charge is 0.267 e. The molecular weight excluding hydrogens is 222 g/mol. The third kappa shape index (κ3) is 1.80. The minimum Gasteiger partial charge on any atom is -0.339 e. The molecule has 2 atom stereocenters. The van der Waals surface area contributed by atoms with Crippen LogP contribution in [0.5, 0.6) is 0 Å². The monoisotopic (exact) mass is 237 g/mol. The molecule has 1 fully saturated rings. The molecule has 5 nitrogen and oxygen atoms in total. The first kappa shape index (κ1) is 12.0. The average Bonchev–Trinajstić information content (AvgIpc) is 2.89. The molecule has 2 rings (SSSR count). The Balaban J connectivity index is 2.17. The Bertz CT molecular complexity index is 438. The van der Waals surface area contributed by atoms with E-state index in [-0.39, 0.29) is 11.7 Å². The van der Waals surface area contributed by atoms with Crippen molar-refractivity contribution in [1.82, 2.24) is 5.32 Å². The summed E-state index contributed by atoms with van der Waals surface area (Å²) in [7, 11) is 0. The van der Waals surface area contributed by atoms with Crippen LogP contribution >= 0.6 is 0 Å². The minimum atomic E-state index is -1.56. The second kappa shape index (κ2) is 3.77. The van der Waals surface area contributed by atoms with Crippen molar-refractivity contribution in [3.05, 3.63) is 11.8 Å². The first-order valence-electron chi connectivity index (χ1n) is 5.62. The third-order valence-electron chi connectivity index (χ3n) is 2.88. The Morgan fingerprint density at radius 1 is 1.53 bits per heavy atom. The molecule has 1 amide bonds. The molecule has 0 aromatic heterocycles. The van der Waals surface area contributed by atoms with Gasteiger partial charge >= 0.3 is 0 Å². The van der Waals surface area contributed by atoms with Gasteiger partial charge in [0, 0.05) is 18.2 Å². The lowest BCUT2D eigenvalue weighted by molar-refractivity contribution is -0.134. The van der Waals surface area contributed by atoms with Gasteiger partial charge in [0.15, 0.2) is 11.9 Å². The lowest BCUT2D eigenvalue weighted by atomic mass is 9.90. The van der Waals surface area contributed by atoms with Gasteiger partial charge in [0.05, 0.1) is 0 Å². The maximum Gasteiger partial charge on any atom is 0.267 e. The summed E-state index contributed by atoms with van der Waals surface area (Å²) in [4.78, 5) is 35.3. The van der Waals surface area contributed by atoms with Crippen LogP contribution < -0.4 is 5.32 Å². The molecule has 0 saturated carbocycles. The van der Waals surface area contributed by atoms with Gasteiger partial charge in [-0.25, -0.2) is 0 Å². The Morgan fingerprint density at radius 2 is 2.18 bits per heavy atom.